The van der Waals surface area contributed by atoms with E-state index in [2.05, 4.69) is 0 Å². The van der Waals surface area contributed by atoms with Gasteiger partial charge in [0.2, 0.25) is 5.78 Å². The summed E-state index contributed by atoms with van der Waals surface area (Å²) in [6, 6.07) is 11.4. The molecule has 9 nitrogen and oxygen atoms in total. The van der Waals surface area contributed by atoms with Gasteiger partial charge >= 0.3 is 0 Å². The largest absolute Gasteiger partial charge is 0.366 e. The number of hydrogen-bond donors (Lipinski definition) is 0. The van der Waals surface area contributed by atoms with E-state index in [-0.39, 0.29) is 22.5 Å². The van der Waals surface area contributed by atoms with Gasteiger partial charge in [0.05, 0.1) is 9.85 Å². The summed E-state index contributed by atoms with van der Waals surface area (Å²) in [4.78, 5) is 36.0. The first kappa shape index (κ1) is 20.7. The minimum absolute atomic E-state index is 0.00330. The number of hydrogen-bond acceptors (Lipinski definition) is 7. The molecule has 0 N–H and O–H groups in total. The summed E-state index contributed by atoms with van der Waals surface area (Å²) in [5.41, 5.74) is 0.218. The molecule has 0 aromatic heterocycles. The number of nitro benzene ring substituents is 2. The summed E-state index contributed by atoms with van der Waals surface area (Å²) >= 11 is 0. The van der Waals surface area contributed by atoms with Gasteiger partial charge in [0.25, 0.3) is 11.4 Å². The molecule has 152 valence electrons. The highest BCUT2D eigenvalue weighted by Gasteiger charge is 2.22. The number of Topliss-reactive ketones (excluding diaryl/α,β-unsaturated/α-hetero) is 1. The van der Waals surface area contributed by atoms with E-state index in [0.29, 0.717) is 11.3 Å². The number of non-ortho nitro benzene ring substituents is 1. The Hall–Kier alpha value is -4.06. The maximum atomic E-state index is 12.6. The lowest BCUT2D eigenvalue weighted by molar-refractivity contribution is -0.384. The molecule has 1 saturated heterocycles. The molecule has 0 radical (unpaired) electrons. The third kappa shape index (κ3) is 4.50. The second-order valence-corrected chi connectivity index (χ2v) is 6.86. The molecular weight excluding hydrogens is 388 g/mol. The smallest absolute Gasteiger partial charge is 0.293 e. The Balaban J connectivity index is 1.95. The number of rotatable bonds is 6. The number of piperidine rings is 1. The number of anilines is 1. The molecule has 2 aromatic rings. The average molecular weight is 406 g/mol. The molecule has 1 heterocycles. The van der Waals surface area contributed by atoms with Crippen molar-refractivity contribution in [2.45, 2.75) is 19.3 Å². The maximum Gasteiger partial charge on any atom is 0.293 e. The van der Waals surface area contributed by atoms with Crippen molar-refractivity contribution in [2.75, 3.05) is 18.0 Å². The van der Waals surface area contributed by atoms with E-state index >= 15 is 0 Å². The number of nitro groups is 2. The van der Waals surface area contributed by atoms with Crippen molar-refractivity contribution in [3.63, 3.8) is 0 Å². The molecule has 9 heteroatoms. The Labute approximate surface area is 172 Å². The molecule has 1 fully saturated rings. The average Bonchev–Trinajstić information content (AvgIpc) is 2.77. The first-order valence-electron chi connectivity index (χ1n) is 9.35. The van der Waals surface area contributed by atoms with Crippen LogP contribution in [0.2, 0.25) is 0 Å². The summed E-state index contributed by atoms with van der Waals surface area (Å²) < 4.78 is 0. The van der Waals surface area contributed by atoms with Crippen molar-refractivity contribution in [1.29, 1.82) is 5.26 Å². The Morgan fingerprint density at radius 3 is 2.40 bits per heavy atom. The monoisotopic (exact) mass is 406 g/mol. The van der Waals surface area contributed by atoms with E-state index in [9.17, 15) is 30.3 Å². The maximum absolute atomic E-state index is 12.6. The zero-order chi connectivity index (χ0) is 21.7. The standard InChI is InChI=1S/C21H18N4O5/c22-14-17(21(26)16-5-4-6-18(13-16)24(27)28)11-15-7-8-19(20(12-15)25(29)30)23-9-2-1-3-10-23/h4-8,11-13H,1-3,9-10H2. The van der Waals surface area contributed by atoms with Crippen molar-refractivity contribution < 1.29 is 14.6 Å². The van der Waals surface area contributed by atoms with Crippen molar-refractivity contribution >= 4 is 28.9 Å². The highest BCUT2D eigenvalue weighted by Crippen LogP contribution is 2.32. The van der Waals surface area contributed by atoms with E-state index in [1.54, 1.807) is 18.2 Å². The zero-order valence-corrected chi connectivity index (χ0v) is 16.0. The quantitative estimate of drug-likeness (QED) is 0.230. The molecule has 0 amide bonds. The highest BCUT2D eigenvalue weighted by molar-refractivity contribution is 6.14. The van der Waals surface area contributed by atoms with E-state index in [4.69, 9.17) is 0 Å². The summed E-state index contributed by atoms with van der Waals surface area (Å²) in [5.74, 6) is -0.691. The Kier molecular flexibility index (Phi) is 6.17. The molecule has 2 aromatic carbocycles. The van der Waals surface area contributed by atoms with Crippen LogP contribution in [0.15, 0.2) is 48.0 Å². The molecular formula is C21H18N4O5. The Morgan fingerprint density at radius 1 is 1.03 bits per heavy atom. The van der Waals surface area contributed by atoms with Crippen molar-refractivity contribution in [2.24, 2.45) is 0 Å². The molecule has 30 heavy (non-hydrogen) atoms. The predicted molar refractivity (Wildman–Crippen MR) is 110 cm³/mol. The van der Waals surface area contributed by atoms with Crippen LogP contribution in [0.4, 0.5) is 17.1 Å². The second kappa shape index (κ2) is 8.96. The van der Waals surface area contributed by atoms with Crippen LogP contribution >= 0.6 is 0 Å². The fourth-order valence-corrected chi connectivity index (χ4v) is 3.41. The van der Waals surface area contributed by atoms with Crippen LogP contribution < -0.4 is 4.90 Å². The van der Waals surface area contributed by atoms with Crippen LogP contribution in [-0.2, 0) is 0 Å². The molecule has 1 aliphatic heterocycles. The molecule has 1 aliphatic rings. The fraction of sp³-hybridized carbons (Fsp3) is 0.238. The number of carbonyl (C=O) groups excluding carboxylic acids is 1. The van der Waals surface area contributed by atoms with Crippen LogP contribution in [0.3, 0.4) is 0 Å². The van der Waals surface area contributed by atoms with Gasteiger partial charge in [-0.25, -0.2) is 0 Å². The predicted octanol–water partition coefficient (Wildman–Crippen LogP) is 4.28. The number of allylic oxidation sites excluding steroid dienone is 1. The number of nitrogens with zero attached hydrogens (tertiary/aromatic N) is 4. The van der Waals surface area contributed by atoms with Crippen LogP contribution in [0.25, 0.3) is 6.08 Å². The SMILES string of the molecule is N#CC(=Cc1ccc(N2CCCCC2)c([N+](=O)[O-])c1)C(=O)c1cccc([N+](=O)[O-])c1. The van der Waals surface area contributed by atoms with Crippen molar-refractivity contribution in [1.82, 2.24) is 0 Å². The number of benzene rings is 2. The zero-order valence-electron chi connectivity index (χ0n) is 16.0. The molecule has 0 aliphatic carbocycles. The van der Waals surface area contributed by atoms with E-state index in [1.165, 1.54) is 30.3 Å². The van der Waals surface area contributed by atoms with Crippen molar-refractivity contribution in [3.05, 3.63) is 79.4 Å². The fourth-order valence-electron chi connectivity index (χ4n) is 3.41. The van der Waals surface area contributed by atoms with E-state index < -0.39 is 15.6 Å². The molecule has 0 bridgehead atoms. The molecule has 0 spiro atoms. The summed E-state index contributed by atoms with van der Waals surface area (Å²) in [6.45, 7) is 1.48. The van der Waals surface area contributed by atoms with Gasteiger partial charge in [0.15, 0.2) is 0 Å². The molecule has 0 unspecified atom stereocenters. The van der Waals surface area contributed by atoms with E-state index in [1.807, 2.05) is 4.90 Å². The van der Waals surface area contributed by atoms with Crippen LogP contribution in [-0.4, -0.2) is 28.7 Å². The first-order valence-corrected chi connectivity index (χ1v) is 9.35. The third-order valence-electron chi connectivity index (χ3n) is 4.89. The minimum atomic E-state index is -0.691. The van der Waals surface area contributed by atoms with Crippen LogP contribution in [0.5, 0.6) is 0 Å². The second-order valence-electron chi connectivity index (χ2n) is 6.86. The summed E-state index contributed by atoms with van der Waals surface area (Å²) in [7, 11) is 0. The van der Waals surface area contributed by atoms with Crippen molar-refractivity contribution in [3.8, 4) is 6.07 Å². The normalized spacial score (nSPS) is 14.1. The van der Waals surface area contributed by atoms with Crippen LogP contribution in [0, 0.1) is 31.6 Å². The van der Waals surface area contributed by atoms with E-state index in [0.717, 1.165) is 38.4 Å². The molecule has 3 rings (SSSR count). The molecule has 0 atom stereocenters. The lowest BCUT2D eigenvalue weighted by Crippen LogP contribution is -2.29. The van der Waals surface area contributed by atoms with Gasteiger partial charge in [-0.15, -0.1) is 0 Å². The van der Waals surface area contributed by atoms with Gasteiger partial charge in [0, 0.05) is 36.9 Å². The van der Waals surface area contributed by atoms with Crippen LogP contribution in [0.1, 0.15) is 35.2 Å². The van der Waals surface area contributed by atoms with Gasteiger partial charge < -0.3 is 4.90 Å². The van der Waals surface area contributed by atoms with Gasteiger partial charge in [-0.3, -0.25) is 25.0 Å². The number of nitriles is 1. The highest BCUT2D eigenvalue weighted by atomic mass is 16.6. The third-order valence-corrected chi connectivity index (χ3v) is 4.89. The van der Waals surface area contributed by atoms with Gasteiger partial charge in [-0.05, 0) is 37.0 Å². The van der Waals surface area contributed by atoms with Gasteiger partial charge in [0.1, 0.15) is 17.3 Å². The summed E-state index contributed by atoms with van der Waals surface area (Å²) in [5, 5.41) is 31.9. The topological polar surface area (TPSA) is 130 Å². The minimum Gasteiger partial charge on any atom is -0.366 e. The summed E-state index contributed by atoms with van der Waals surface area (Å²) in [6.07, 6.45) is 4.29. The Morgan fingerprint density at radius 2 is 1.77 bits per heavy atom. The lowest BCUT2D eigenvalue weighted by Gasteiger charge is -2.28. The van der Waals surface area contributed by atoms with Gasteiger partial charge in [-0.1, -0.05) is 18.2 Å². The van der Waals surface area contributed by atoms with Gasteiger partial charge in [-0.2, -0.15) is 5.26 Å². The Bertz CT molecular complexity index is 1080. The number of ketones is 1. The lowest BCUT2D eigenvalue weighted by atomic mass is 10.0. The first-order chi connectivity index (χ1) is 14.4. The molecule has 0 saturated carbocycles. The number of carbonyl (C=O) groups is 1.